The second-order valence-corrected chi connectivity index (χ2v) is 7.75. The first-order valence-corrected chi connectivity index (χ1v) is 10.1. The van der Waals surface area contributed by atoms with Crippen LogP contribution in [0.5, 0.6) is 0 Å². The van der Waals surface area contributed by atoms with E-state index in [2.05, 4.69) is 5.32 Å². The Balaban J connectivity index is 3.56. The minimum Gasteiger partial charge on any atom is -0.356 e. The maximum Gasteiger partial charge on any atom is 0.472 e. The molecule has 0 spiro atoms. The van der Waals surface area contributed by atoms with Gasteiger partial charge in [0.05, 0.1) is 12.7 Å². The number of phosphoric acid groups is 1. The summed E-state index contributed by atoms with van der Waals surface area (Å²) in [5, 5.41) is 2.78. The van der Waals surface area contributed by atoms with Crippen LogP contribution in [-0.4, -0.2) is 35.8 Å². The van der Waals surface area contributed by atoms with Crippen molar-refractivity contribution in [2.24, 2.45) is 5.92 Å². The number of ketones is 1. The van der Waals surface area contributed by atoms with Crippen molar-refractivity contribution < 1.29 is 28.1 Å². The Hall–Kier alpha value is -0.750. The molecule has 7 nitrogen and oxygen atoms in total. The molecular weight excluding hydrogens is 333 g/mol. The number of carbonyl (C=O) groups is 2. The summed E-state index contributed by atoms with van der Waals surface area (Å²) in [6.07, 6.45) is 3.20. The van der Waals surface area contributed by atoms with Gasteiger partial charge in [-0.15, -0.1) is 0 Å². The average Bonchev–Trinajstić information content (AvgIpc) is 2.45. The van der Waals surface area contributed by atoms with Crippen LogP contribution in [0.1, 0.15) is 66.2 Å². The van der Waals surface area contributed by atoms with E-state index >= 15 is 0 Å². The average molecular weight is 365 g/mol. The molecule has 0 saturated heterocycles. The minimum absolute atomic E-state index is 0.0381. The fourth-order valence-corrected chi connectivity index (χ4v) is 2.85. The lowest BCUT2D eigenvalue weighted by Crippen LogP contribution is -2.24. The van der Waals surface area contributed by atoms with E-state index in [4.69, 9.17) is 9.05 Å². The van der Waals surface area contributed by atoms with Crippen LogP contribution < -0.4 is 5.32 Å². The predicted molar refractivity (Wildman–Crippen MR) is 92.6 cm³/mol. The van der Waals surface area contributed by atoms with Gasteiger partial charge >= 0.3 is 7.82 Å². The van der Waals surface area contributed by atoms with E-state index in [9.17, 15) is 19.0 Å². The van der Waals surface area contributed by atoms with Crippen molar-refractivity contribution in [3.05, 3.63) is 0 Å². The van der Waals surface area contributed by atoms with Gasteiger partial charge in [0.1, 0.15) is 5.78 Å². The van der Waals surface area contributed by atoms with E-state index in [0.717, 1.165) is 6.42 Å². The van der Waals surface area contributed by atoms with Crippen molar-refractivity contribution in [3.8, 4) is 0 Å². The Morgan fingerprint density at radius 3 is 2.25 bits per heavy atom. The second kappa shape index (κ2) is 12.6. The van der Waals surface area contributed by atoms with Gasteiger partial charge in [0.15, 0.2) is 0 Å². The highest BCUT2D eigenvalue weighted by molar-refractivity contribution is 7.47. The molecule has 142 valence electrons. The molecule has 8 heteroatoms. The van der Waals surface area contributed by atoms with Gasteiger partial charge in [0.25, 0.3) is 0 Å². The lowest BCUT2D eigenvalue weighted by Gasteiger charge is -2.14. The molecule has 0 radical (unpaired) electrons. The number of hydrogen-bond donors (Lipinski definition) is 2. The third kappa shape index (κ3) is 13.7. The summed E-state index contributed by atoms with van der Waals surface area (Å²) in [5.74, 6) is 0.253. The summed E-state index contributed by atoms with van der Waals surface area (Å²) >= 11 is 0. The number of Topliss-reactive ketones (excluding diaryl/α,β-unsaturated/α-hetero) is 1. The number of rotatable bonds is 14. The molecule has 0 heterocycles. The molecule has 0 aliphatic rings. The van der Waals surface area contributed by atoms with Crippen LogP contribution in [0.3, 0.4) is 0 Å². The molecule has 0 aromatic rings. The van der Waals surface area contributed by atoms with Gasteiger partial charge in [0.2, 0.25) is 5.91 Å². The molecule has 0 rings (SSSR count). The van der Waals surface area contributed by atoms with E-state index in [1.165, 1.54) is 0 Å². The second-order valence-electron chi connectivity index (χ2n) is 6.34. The number of amides is 1. The first-order chi connectivity index (χ1) is 11.1. The van der Waals surface area contributed by atoms with Crippen LogP contribution in [0.2, 0.25) is 0 Å². The maximum atomic E-state index is 11.6. The molecule has 0 saturated carbocycles. The van der Waals surface area contributed by atoms with Crippen molar-refractivity contribution in [1.82, 2.24) is 5.32 Å². The van der Waals surface area contributed by atoms with E-state index in [0.29, 0.717) is 38.6 Å². The molecule has 1 atom stereocenters. The summed E-state index contributed by atoms with van der Waals surface area (Å²) in [5.41, 5.74) is 0. The molecule has 0 aliphatic carbocycles. The summed E-state index contributed by atoms with van der Waals surface area (Å²) in [7, 11) is -3.97. The number of hydrogen-bond acceptors (Lipinski definition) is 5. The first-order valence-electron chi connectivity index (χ1n) is 8.59. The van der Waals surface area contributed by atoms with Crippen LogP contribution >= 0.6 is 7.82 Å². The van der Waals surface area contributed by atoms with Gasteiger partial charge in [-0.2, -0.15) is 0 Å². The van der Waals surface area contributed by atoms with Gasteiger partial charge in [-0.3, -0.25) is 18.6 Å². The first kappa shape index (κ1) is 23.2. The van der Waals surface area contributed by atoms with Crippen LogP contribution in [0.15, 0.2) is 0 Å². The number of phosphoric ester groups is 1. The Bertz CT molecular complexity index is 425. The highest BCUT2D eigenvalue weighted by Crippen LogP contribution is 2.44. The van der Waals surface area contributed by atoms with Crippen LogP contribution in [-0.2, 0) is 23.2 Å². The molecule has 0 aromatic carbocycles. The van der Waals surface area contributed by atoms with E-state index in [1.54, 1.807) is 13.8 Å². The van der Waals surface area contributed by atoms with Crippen molar-refractivity contribution in [3.63, 3.8) is 0 Å². The zero-order chi connectivity index (χ0) is 18.6. The molecular formula is C16H32NO6P. The lowest BCUT2D eigenvalue weighted by molar-refractivity contribution is -0.123. The van der Waals surface area contributed by atoms with Crippen LogP contribution in [0.4, 0.5) is 0 Å². The Labute approximate surface area is 145 Å². The molecule has 0 aromatic heterocycles. The Morgan fingerprint density at radius 1 is 1.04 bits per heavy atom. The van der Waals surface area contributed by atoms with Crippen LogP contribution in [0, 0.1) is 5.92 Å². The monoisotopic (exact) mass is 365 g/mol. The highest BCUT2D eigenvalue weighted by atomic mass is 31.2. The molecule has 0 fully saturated rings. The molecule has 1 unspecified atom stereocenters. The van der Waals surface area contributed by atoms with Gasteiger partial charge in [-0.05, 0) is 39.5 Å². The SMILES string of the molecule is CC(C)OP(=O)(O)OCCCCNC(=O)CCCCC(=O)C(C)C. The van der Waals surface area contributed by atoms with Gasteiger partial charge < -0.3 is 10.2 Å². The lowest BCUT2D eigenvalue weighted by atomic mass is 10.0. The molecule has 24 heavy (non-hydrogen) atoms. The zero-order valence-electron chi connectivity index (χ0n) is 15.2. The number of carbonyl (C=O) groups excluding carboxylic acids is 2. The molecule has 0 bridgehead atoms. The van der Waals surface area contributed by atoms with Crippen molar-refractivity contribution in [2.75, 3.05) is 13.2 Å². The van der Waals surface area contributed by atoms with Crippen LogP contribution in [0.25, 0.3) is 0 Å². The third-order valence-electron chi connectivity index (χ3n) is 3.21. The summed E-state index contributed by atoms with van der Waals surface area (Å²) < 4.78 is 21.0. The summed E-state index contributed by atoms with van der Waals surface area (Å²) in [4.78, 5) is 32.4. The van der Waals surface area contributed by atoms with Gasteiger partial charge in [-0.1, -0.05) is 13.8 Å². The minimum atomic E-state index is -3.97. The summed E-state index contributed by atoms with van der Waals surface area (Å²) in [6.45, 7) is 7.66. The smallest absolute Gasteiger partial charge is 0.356 e. The normalized spacial score (nSPS) is 14.0. The quantitative estimate of drug-likeness (QED) is 0.362. The predicted octanol–water partition coefficient (Wildman–Crippen LogP) is 3.21. The van der Waals surface area contributed by atoms with Crippen molar-refractivity contribution >= 4 is 19.5 Å². The molecule has 2 N–H and O–H groups in total. The fraction of sp³-hybridized carbons (Fsp3) is 0.875. The number of unbranched alkanes of at least 4 members (excludes halogenated alkanes) is 2. The third-order valence-corrected chi connectivity index (χ3v) is 4.41. The van der Waals surface area contributed by atoms with Gasteiger partial charge in [0, 0.05) is 25.3 Å². The van der Waals surface area contributed by atoms with E-state index in [-0.39, 0.29) is 30.3 Å². The van der Waals surface area contributed by atoms with Crippen molar-refractivity contribution in [1.29, 1.82) is 0 Å². The van der Waals surface area contributed by atoms with Crippen molar-refractivity contribution in [2.45, 2.75) is 72.3 Å². The maximum absolute atomic E-state index is 11.6. The largest absolute Gasteiger partial charge is 0.472 e. The van der Waals surface area contributed by atoms with Gasteiger partial charge in [-0.25, -0.2) is 4.57 Å². The summed E-state index contributed by atoms with van der Waals surface area (Å²) in [6, 6.07) is 0. The highest BCUT2D eigenvalue weighted by Gasteiger charge is 2.21. The fourth-order valence-electron chi connectivity index (χ4n) is 1.89. The Morgan fingerprint density at radius 2 is 1.67 bits per heavy atom. The standard InChI is InChI=1S/C16H32NO6P/c1-13(2)15(18)9-5-6-10-16(19)17-11-7-8-12-22-24(20,21)23-14(3)4/h13-14H,5-12H2,1-4H3,(H,17,19)(H,20,21). The molecule has 0 aliphatic heterocycles. The topological polar surface area (TPSA) is 102 Å². The number of nitrogens with one attached hydrogen (secondary N) is 1. The van der Waals surface area contributed by atoms with E-state index < -0.39 is 7.82 Å². The Kier molecular flexibility index (Phi) is 12.2. The zero-order valence-corrected chi connectivity index (χ0v) is 16.1. The molecule has 1 amide bonds. The van der Waals surface area contributed by atoms with E-state index in [1.807, 2.05) is 13.8 Å².